The van der Waals surface area contributed by atoms with Crippen LogP contribution in [0, 0.1) is 12.7 Å². The molecule has 1 heterocycles. The first kappa shape index (κ1) is 13.3. The summed E-state index contributed by atoms with van der Waals surface area (Å²) in [5.74, 6) is 0.767. The SMILES string of the molecule is Cc1cc(CN(C)CC2(c3ccccc3F)CC2)on1. The van der Waals surface area contributed by atoms with Crippen LogP contribution in [0.3, 0.4) is 0 Å². The van der Waals surface area contributed by atoms with Gasteiger partial charge < -0.3 is 4.52 Å². The van der Waals surface area contributed by atoms with Gasteiger partial charge in [-0.2, -0.15) is 0 Å². The van der Waals surface area contributed by atoms with Crippen molar-refractivity contribution in [3.05, 3.63) is 53.2 Å². The Balaban J connectivity index is 1.69. The molecule has 0 aliphatic heterocycles. The normalized spacial score (nSPS) is 16.6. The van der Waals surface area contributed by atoms with Gasteiger partial charge in [0.15, 0.2) is 5.76 Å². The van der Waals surface area contributed by atoms with Crippen molar-refractivity contribution < 1.29 is 8.91 Å². The highest BCUT2D eigenvalue weighted by atomic mass is 19.1. The summed E-state index contributed by atoms with van der Waals surface area (Å²) in [5.41, 5.74) is 1.72. The minimum Gasteiger partial charge on any atom is -0.360 e. The van der Waals surface area contributed by atoms with E-state index < -0.39 is 0 Å². The molecule has 3 rings (SSSR count). The number of likely N-dealkylation sites (N-methyl/N-ethyl adjacent to an activating group) is 1. The Morgan fingerprint density at radius 2 is 2.10 bits per heavy atom. The molecule has 106 valence electrons. The van der Waals surface area contributed by atoms with Gasteiger partial charge in [0.2, 0.25) is 0 Å². The molecule has 0 spiro atoms. The molecule has 3 nitrogen and oxygen atoms in total. The third-order valence-electron chi connectivity index (χ3n) is 3.97. The van der Waals surface area contributed by atoms with Crippen molar-refractivity contribution in [2.24, 2.45) is 0 Å². The molecule has 0 bridgehead atoms. The third-order valence-corrected chi connectivity index (χ3v) is 3.97. The van der Waals surface area contributed by atoms with Crippen molar-refractivity contribution >= 4 is 0 Å². The summed E-state index contributed by atoms with van der Waals surface area (Å²) in [5, 5.41) is 3.89. The van der Waals surface area contributed by atoms with Gasteiger partial charge >= 0.3 is 0 Å². The second kappa shape index (κ2) is 5.02. The molecule has 1 aromatic carbocycles. The third kappa shape index (κ3) is 2.61. The molecule has 0 amide bonds. The predicted molar refractivity (Wildman–Crippen MR) is 74.9 cm³/mol. The summed E-state index contributed by atoms with van der Waals surface area (Å²) in [6, 6.07) is 9.07. The van der Waals surface area contributed by atoms with Gasteiger partial charge in [-0.25, -0.2) is 4.39 Å². The van der Waals surface area contributed by atoms with Gasteiger partial charge in [0.25, 0.3) is 0 Å². The van der Waals surface area contributed by atoms with Crippen LogP contribution >= 0.6 is 0 Å². The molecule has 0 unspecified atom stereocenters. The minimum atomic E-state index is -0.0890. The van der Waals surface area contributed by atoms with Gasteiger partial charge in [-0.15, -0.1) is 0 Å². The second-order valence-electron chi connectivity index (χ2n) is 5.87. The number of nitrogens with zero attached hydrogens (tertiary/aromatic N) is 2. The number of aromatic nitrogens is 1. The maximum atomic E-state index is 14.0. The Hall–Kier alpha value is -1.68. The van der Waals surface area contributed by atoms with Gasteiger partial charge in [0.1, 0.15) is 5.82 Å². The fraction of sp³-hybridized carbons (Fsp3) is 0.438. The Kier molecular flexibility index (Phi) is 3.34. The van der Waals surface area contributed by atoms with E-state index in [1.54, 1.807) is 12.1 Å². The molecule has 1 aromatic heterocycles. The largest absolute Gasteiger partial charge is 0.360 e. The van der Waals surface area contributed by atoms with Crippen LogP contribution in [-0.2, 0) is 12.0 Å². The highest BCUT2D eigenvalue weighted by molar-refractivity contribution is 5.33. The van der Waals surface area contributed by atoms with Crippen LogP contribution in [0.25, 0.3) is 0 Å². The number of benzene rings is 1. The maximum Gasteiger partial charge on any atom is 0.150 e. The van der Waals surface area contributed by atoms with Crippen molar-refractivity contribution in [1.82, 2.24) is 10.1 Å². The monoisotopic (exact) mass is 274 g/mol. The average Bonchev–Trinajstić information content (AvgIpc) is 3.06. The minimum absolute atomic E-state index is 0.0187. The zero-order valence-electron chi connectivity index (χ0n) is 11.9. The quantitative estimate of drug-likeness (QED) is 0.838. The lowest BCUT2D eigenvalue weighted by atomic mass is 9.95. The molecule has 1 fully saturated rings. The number of halogens is 1. The van der Waals surface area contributed by atoms with Gasteiger partial charge in [0, 0.05) is 18.0 Å². The molecular formula is C16H19FN2O. The predicted octanol–water partition coefficient (Wildman–Crippen LogP) is 3.29. The van der Waals surface area contributed by atoms with E-state index >= 15 is 0 Å². The number of aryl methyl sites for hydroxylation is 1. The summed E-state index contributed by atoms with van der Waals surface area (Å²) in [6.07, 6.45) is 2.10. The van der Waals surface area contributed by atoms with Crippen molar-refractivity contribution in [2.45, 2.75) is 31.7 Å². The van der Waals surface area contributed by atoms with E-state index in [4.69, 9.17) is 4.52 Å². The molecule has 0 atom stereocenters. The zero-order chi connectivity index (χ0) is 14.2. The molecule has 0 N–H and O–H groups in total. The fourth-order valence-electron chi connectivity index (χ4n) is 2.88. The van der Waals surface area contributed by atoms with Crippen molar-refractivity contribution in [3.8, 4) is 0 Å². The van der Waals surface area contributed by atoms with Crippen LogP contribution in [0.4, 0.5) is 4.39 Å². The van der Waals surface area contributed by atoms with E-state index in [9.17, 15) is 4.39 Å². The zero-order valence-corrected chi connectivity index (χ0v) is 11.9. The van der Waals surface area contributed by atoms with Gasteiger partial charge in [0.05, 0.1) is 12.2 Å². The Labute approximate surface area is 118 Å². The number of hydrogen-bond donors (Lipinski definition) is 0. The van der Waals surface area contributed by atoms with Crippen molar-refractivity contribution in [3.63, 3.8) is 0 Å². The highest BCUT2D eigenvalue weighted by Gasteiger charge is 2.46. The number of hydrogen-bond acceptors (Lipinski definition) is 3. The molecular weight excluding hydrogens is 255 g/mol. The van der Waals surface area contributed by atoms with Crippen LogP contribution in [0.2, 0.25) is 0 Å². The number of rotatable bonds is 5. The molecule has 4 heteroatoms. The van der Waals surface area contributed by atoms with Gasteiger partial charge in [-0.1, -0.05) is 23.4 Å². The first-order chi connectivity index (χ1) is 9.59. The van der Waals surface area contributed by atoms with E-state index in [0.29, 0.717) is 6.54 Å². The smallest absolute Gasteiger partial charge is 0.150 e. The van der Waals surface area contributed by atoms with E-state index in [1.807, 2.05) is 32.2 Å². The highest BCUT2D eigenvalue weighted by Crippen LogP contribution is 2.49. The topological polar surface area (TPSA) is 29.3 Å². The van der Waals surface area contributed by atoms with E-state index in [2.05, 4.69) is 10.1 Å². The summed E-state index contributed by atoms with van der Waals surface area (Å²) < 4.78 is 19.2. The van der Waals surface area contributed by atoms with E-state index in [0.717, 1.165) is 36.4 Å². The molecule has 1 aliphatic carbocycles. The van der Waals surface area contributed by atoms with Crippen LogP contribution in [-0.4, -0.2) is 23.6 Å². The average molecular weight is 274 g/mol. The molecule has 1 saturated carbocycles. The van der Waals surface area contributed by atoms with E-state index in [1.165, 1.54) is 0 Å². The van der Waals surface area contributed by atoms with Crippen molar-refractivity contribution in [1.29, 1.82) is 0 Å². The van der Waals surface area contributed by atoms with Crippen LogP contribution in [0.1, 0.15) is 29.9 Å². The lowest BCUT2D eigenvalue weighted by molar-refractivity contribution is 0.251. The second-order valence-corrected chi connectivity index (χ2v) is 5.87. The van der Waals surface area contributed by atoms with Gasteiger partial charge in [-0.3, -0.25) is 4.90 Å². The summed E-state index contributed by atoms with van der Waals surface area (Å²) >= 11 is 0. The standard InChI is InChI=1S/C16H19FN2O/c1-12-9-13(20-18-12)10-19(2)11-16(7-8-16)14-5-3-4-6-15(14)17/h3-6,9H,7-8,10-11H2,1-2H3. The maximum absolute atomic E-state index is 14.0. The van der Waals surface area contributed by atoms with E-state index in [-0.39, 0.29) is 11.2 Å². The first-order valence-corrected chi connectivity index (χ1v) is 6.95. The van der Waals surface area contributed by atoms with Gasteiger partial charge in [-0.05, 0) is 38.4 Å². The lowest BCUT2D eigenvalue weighted by Gasteiger charge is -2.23. The Morgan fingerprint density at radius 1 is 1.35 bits per heavy atom. The van der Waals surface area contributed by atoms with Crippen LogP contribution in [0.15, 0.2) is 34.9 Å². The van der Waals surface area contributed by atoms with Crippen molar-refractivity contribution in [2.75, 3.05) is 13.6 Å². The first-order valence-electron chi connectivity index (χ1n) is 6.95. The molecule has 0 radical (unpaired) electrons. The van der Waals surface area contributed by atoms with Crippen LogP contribution < -0.4 is 0 Å². The molecule has 0 saturated heterocycles. The Morgan fingerprint density at radius 3 is 2.70 bits per heavy atom. The Bertz CT molecular complexity index is 604. The summed E-state index contributed by atoms with van der Waals surface area (Å²) in [4.78, 5) is 2.18. The molecule has 1 aliphatic rings. The summed E-state index contributed by atoms with van der Waals surface area (Å²) in [6.45, 7) is 3.46. The summed E-state index contributed by atoms with van der Waals surface area (Å²) in [7, 11) is 2.04. The molecule has 20 heavy (non-hydrogen) atoms. The lowest BCUT2D eigenvalue weighted by Crippen LogP contribution is -2.29. The molecule has 2 aromatic rings. The van der Waals surface area contributed by atoms with Crippen LogP contribution in [0.5, 0.6) is 0 Å². The fourth-order valence-corrected chi connectivity index (χ4v) is 2.88.